The SMILES string of the molecule is O=C1C(c2ccc([N+](=O)[O-])cc2)=C(N2CCN(CCO)CC2)C(=O)N1C1CCCCC1. The molecule has 2 heterocycles. The topological polar surface area (TPSA) is 107 Å². The Morgan fingerprint density at radius 3 is 2.19 bits per heavy atom. The van der Waals surface area contributed by atoms with Crippen molar-refractivity contribution in [3.8, 4) is 0 Å². The van der Waals surface area contributed by atoms with Crippen LogP contribution in [0, 0.1) is 10.1 Å². The number of aliphatic hydroxyl groups is 1. The fourth-order valence-corrected chi connectivity index (χ4v) is 4.85. The minimum absolute atomic E-state index is 0.0515. The number of carbonyl (C=O) groups excluding carboxylic acids is 2. The molecule has 0 aromatic heterocycles. The molecule has 1 N–H and O–H groups in total. The van der Waals surface area contributed by atoms with Gasteiger partial charge in [0.1, 0.15) is 5.70 Å². The summed E-state index contributed by atoms with van der Waals surface area (Å²) in [4.78, 5) is 43.1. The third-order valence-corrected chi connectivity index (χ3v) is 6.50. The van der Waals surface area contributed by atoms with Gasteiger partial charge < -0.3 is 10.0 Å². The highest BCUT2D eigenvalue weighted by Gasteiger charge is 2.45. The molecule has 0 unspecified atom stereocenters. The summed E-state index contributed by atoms with van der Waals surface area (Å²) in [5.41, 5.74) is 1.24. The second-order valence-corrected chi connectivity index (χ2v) is 8.35. The third-order valence-electron chi connectivity index (χ3n) is 6.50. The summed E-state index contributed by atoms with van der Waals surface area (Å²) in [7, 11) is 0. The number of β-amino-alcohol motifs (C(OH)–C–C–N with tert-alkyl or cyclic N) is 1. The molecule has 3 aliphatic rings. The number of imide groups is 1. The molecule has 0 spiro atoms. The van der Waals surface area contributed by atoms with Crippen LogP contribution in [-0.2, 0) is 9.59 Å². The van der Waals surface area contributed by atoms with Gasteiger partial charge in [-0.2, -0.15) is 0 Å². The van der Waals surface area contributed by atoms with Crippen LogP contribution in [-0.4, -0.2) is 81.9 Å². The number of benzene rings is 1. The van der Waals surface area contributed by atoms with E-state index in [1.165, 1.54) is 17.0 Å². The summed E-state index contributed by atoms with van der Waals surface area (Å²) in [5.74, 6) is -0.542. The number of non-ortho nitro benzene ring substituents is 1. The number of rotatable bonds is 6. The molecule has 2 aliphatic heterocycles. The normalized spacial score (nSPS) is 21.3. The Labute approximate surface area is 181 Å². The zero-order valence-electron chi connectivity index (χ0n) is 17.5. The maximum absolute atomic E-state index is 13.5. The van der Waals surface area contributed by atoms with E-state index in [0.29, 0.717) is 49.6 Å². The van der Waals surface area contributed by atoms with Gasteiger partial charge >= 0.3 is 0 Å². The van der Waals surface area contributed by atoms with Gasteiger partial charge in [-0.3, -0.25) is 29.5 Å². The van der Waals surface area contributed by atoms with E-state index in [1.54, 1.807) is 12.1 Å². The number of piperazine rings is 1. The van der Waals surface area contributed by atoms with Crippen molar-refractivity contribution < 1.29 is 19.6 Å². The minimum Gasteiger partial charge on any atom is -0.395 e. The fraction of sp³-hybridized carbons (Fsp3) is 0.545. The lowest BCUT2D eigenvalue weighted by atomic mass is 9.94. The molecule has 1 saturated carbocycles. The maximum atomic E-state index is 13.5. The Kier molecular flexibility index (Phi) is 6.33. The number of amides is 2. The summed E-state index contributed by atoms with van der Waals surface area (Å²) >= 11 is 0. The summed E-state index contributed by atoms with van der Waals surface area (Å²) < 4.78 is 0. The van der Waals surface area contributed by atoms with E-state index < -0.39 is 4.92 Å². The van der Waals surface area contributed by atoms with Crippen molar-refractivity contribution in [2.24, 2.45) is 0 Å². The van der Waals surface area contributed by atoms with Crippen molar-refractivity contribution in [2.75, 3.05) is 39.3 Å². The highest BCUT2D eigenvalue weighted by atomic mass is 16.6. The molecule has 1 saturated heterocycles. The molecule has 2 amide bonds. The van der Waals surface area contributed by atoms with Gasteiger partial charge in [0.05, 0.1) is 17.1 Å². The van der Waals surface area contributed by atoms with E-state index in [2.05, 4.69) is 4.90 Å². The molecule has 166 valence electrons. The second-order valence-electron chi connectivity index (χ2n) is 8.35. The third kappa shape index (κ3) is 4.20. The van der Waals surface area contributed by atoms with Gasteiger partial charge in [0, 0.05) is 50.9 Å². The number of hydrogen-bond acceptors (Lipinski definition) is 7. The lowest BCUT2D eigenvalue weighted by Crippen LogP contribution is -2.49. The van der Waals surface area contributed by atoms with Gasteiger partial charge in [0.25, 0.3) is 17.5 Å². The number of aliphatic hydroxyl groups excluding tert-OH is 1. The first kappa shape index (κ1) is 21.5. The Hall–Kier alpha value is -2.78. The number of nitro benzene ring substituents is 1. The average molecular weight is 428 g/mol. The number of nitrogens with zero attached hydrogens (tertiary/aromatic N) is 4. The summed E-state index contributed by atoms with van der Waals surface area (Å²) in [6.07, 6.45) is 4.77. The van der Waals surface area contributed by atoms with E-state index >= 15 is 0 Å². The van der Waals surface area contributed by atoms with Crippen LogP contribution in [0.2, 0.25) is 0 Å². The van der Waals surface area contributed by atoms with Crippen molar-refractivity contribution in [1.82, 2.24) is 14.7 Å². The molecule has 31 heavy (non-hydrogen) atoms. The standard InChI is InChI=1S/C22H28N4O5/c27-15-14-23-10-12-24(13-11-23)20-19(16-6-8-18(9-7-16)26(30)31)21(28)25(22(20)29)17-4-2-1-3-5-17/h6-9,17,27H,1-5,10-15H2. The van der Waals surface area contributed by atoms with E-state index in [0.717, 1.165) is 32.1 Å². The van der Waals surface area contributed by atoms with Crippen LogP contribution in [0.15, 0.2) is 30.0 Å². The molecule has 9 nitrogen and oxygen atoms in total. The van der Waals surface area contributed by atoms with Crippen LogP contribution in [0.5, 0.6) is 0 Å². The van der Waals surface area contributed by atoms with Crippen molar-refractivity contribution in [1.29, 1.82) is 0 Å². The first-order valence-corrected chi connectivity index (χ1v) is 11.0. The fourth-order valence-electron chi connectivity index (χ4n) is 4.85. The van der Waals surface area contributed by atoms with Crippen LogP contribution >= 0.6 is 0 Å². The van der Waals surface area contributed by atoms with Gasteiger partial charge in [0.15, 0.2) is 0 Å². The molecule has 4 rings (SSSR count). The lowest BCUT2D eigenvalue weighted by Gasteiger charge is -2.36. The smallest absolute Gasteiger partial charge is 0.278 e. The molecule has 0 atom stereocenters. The quantitative estimate of drug-likeness (QED) is 0.417. The number of carbonyl (C=O) groups is 2. The molecular weight excluding hydrogens is 400 g/mol. The number of hydrogen-bond donors (Lipinski definition) is 1. The molecule has 0 bridgehead atoms. The summed E-state index contributed by atoms with van der Waals surface area (Å²) in [5, 5.41) is 20.2. The first-order valence-electron chi connectivity index (χ1n) is 11.0. The molecule has 1 aromatic rings. The predicted molar refractivity (Wildman–Crippen MR) is 114 cm³/mol. The van der Waals surface area contributed by atoms with Gasteiger partial charge in [-0.25, -0.2) is 0 Å². The van der Waals surface area contributed by atoms with Gasteiger partial charge in [-0.05, 0) is 30.5 Å². The second kappa shape index (κ2) is 9.15. The van der Waals surface area contributed by atoms with Gasteiger partial charge in [-0.15, -0.1) is 0 Å². The van der Waals surface area contributed by atoms with Crippen LogP contribution < -0.4 is 0 Å². The summed E-state index contributed by atoms with van der Waals surface area (Å²) in [6, 6.07) is 5.78. The Morgan fingerprint density at radius 1 is 0.968 bits per heavy atom. The zero-order valence-corrected chi connectivity index (χ0v) is 17.5. The molecular formula is C22H28N4O5. The van der Waals surface area contributed by atoms with E-state index in [-0.39, 0.29) is 30.2 Å². The first-order chi connectivity index (χ1) is 15.0. The Bertz CT molecular complexity index is 884. The van der Waals surface area contributed by atoms with Crippen LogP contribution in [0.4, 0.5) is 5.69 Å². The van der Waals surface area contributed by atoms with Crippen molar-refractivity contribution >= 4 is 23.1 Å². The average Bonchev–Trinajstić information content (AvgIpc) is 3.05. The van der Waals surface area contributed by atoms with E-state index in [4.69, 9.17) is 0 Å². The lowest BCUT2D eigenvalue weighted by molar-refractivity contribution is -0.384. The monoisotopic (exact) mass is 428 g/mol. The van der Waals surface area contributed by atoms with Crippen molar-refractivity contribution in [2.45, 2.75) is 38.1 Å². The molecule has 2 fully saturated rings. The molecule has 1 aliphatic carbocycles. The molecule has 9 heteroatoms. The highest BCUT2D eigenvalue weighted by Crippen LogP contribution is 2.36. The van der Waals surface area contributed by atoms with E-state index in [1.807, 2.05) is 4.90 Å². The minimum atomic E-state index is -0.477. The summed E-state index contributed by atoms with van der Waals surface area (Å²) in [6.45, 7) is 3.24. The van der Waals surface area contributed by atoms with E-state index in [9.17, 15) is 24.8 Å². The van der Waals surface area contributed by atoms with Crippen LogP contribution in [0.25, 0.3) is 5.57 Å². The predicted octanol–water partition coefficient (Wildman–Crippen LogP) is 1.62. The zero-order chi connectivity index (χ0) is 22.0. The van der Waals surface area contributed by atoms with Crippen molar-refractivity contribution in [3.63, 3.8) is 0 Å². The Morgan fingerprint density at radius 2 is 1.61 bits per heavy atom. The van der Waals surface area contributed by atoms with Crippen molar-refractivity contribution in [3.05, 3.63) is 45.6 Å². The largest absolute Gasteiger partial charge is 0.395 e. The Balaban J connectivity index is 1.68. The van der Waals surface area contributed by atoms with Gasteiger partial charge in [0.2, 0.25) is 0 Å². The molecule has 1 aromatic carbocycles. The number of nitro groups is 1. The molecule has 0 radical (unpaired) electrons. The maximum Gasteiger partial charge on any atom is 0.278 e. The van der Waals surface area contributed by atoms with Gasteiger partial charge in [-0.1, -0.05) is 19.3 Å². The van der Waals surface area contributed by atoms with Crippen LogP contribution in [0.1, 0.15) is 37.7 Å². The van der Waals surface area contributed by atoms with Crippen LogP contribution in [0.3, 0.4) is 0 Å². The highest BCUT2D eigenvalue weighted by molar-refractivity contribution is 6.35.